The van der Waals surface area contributed by atoms with E-state index in [-0.39, 0.29) is 5.82 Å². The number of thiophene rings is 1. The molecule has 4 heteroatoms. The Morgan fingerprint density at radius 2 is 2.25 bits per heavy atom. The monoisotopic (exact) mass is 309 g/mol. The van der Waals surface area contributed by atoms with Crippen LogP contribution in [0.1, 0.15) is 34.9 Å². The number of aryl methyl sites for hydroxylation is 1. The van der Waals surface area contributed by atoms with Gasteiger partial charge >= 0.3 is 0 Å². The Bertz CT molecular complexity index is 596. The van der Waals surface area contributed by atoms with E-state index >= 15 is 0 Å². The standard InChI is InChI=1S/C16H17ClFNS/c17-16-10-13-14(5-2-6-15(13)20-16)19-8-7-11-3-1-4-12(18)9-11/h1,3-4,9-10,14,19H,2,5-8H2. The molecule has 20 heavy (non-hydrogen) atoms. The van der Waals surface area contributed by atoms with Crippen molar-refractivity contribution in [2.45, 2.75) is 31.7 Å². The molecule has 0 saturated carbocycles. The van der Waals surface area contributed by atoms with Crippen molar-refractivity contribution < 1.29 is 4.39 Å². The number of benzene rings is 1. The van der Waals surface area contributed by atoms with Crippen molar-refractivity contribution in [3.05, 3.63) is 56.5 Å². The zero-order valence-electron chi connectivity index (χ0n) is 11.2. The molecule has 1 atom stereocenters. The lowest BCUT2D eigenvalue weighted by molar-refractivity contribution is 0.467. The summed E-state index contributed by atoms with van der Waals surface area (Å²) in [4.78, 5) is 1.42. The summed E-state index contributed by atoms with van der Waals surface area (Å²) in [5.74, 6) is -0.160. The third-order valence-electron chi connectivity index (χ3n) is 3.78. The molecular formula is C16H17ClFNS. The third kappa shape index (κ3) is 3.22. The zero-order chi connectivity index (χ0) is 13.9. The summed E-state index contributed by atoms with van der Waals surface area (Å²) in [6.07, 6.45) is 4.36. The molecular weight excluding hydrogens is 293 g/mol. The number of hydrogen-bond acceptors (Lipinski definition) is 2. The van der Waals surface area contributed by atoms with E-state index in [0.29, 0.717) is 6.04 Å². The van der Waals surface area contributed by atoms with Crippen LogP contribution in [0.4, 0.5) is 4.39 Å². The van der Waals surface area contributed by atoms with Gasteiger partial charge in [0.2, 0.25) is 0 Å². The van der Waals surface area contributed by atoms with Gasteiger partial charge in [0.15, 0.2) is 0 Å². The van der Waals surface area contributed by atoms with Crippen molar-refractivity contribution >= 4 is 22.9 Å². The lowest BCUT2D eigenvalue weighted by atomic mass is 9.94. The minimum atomic E-state index is -0.160. The predicted molar refractivity (Wildman–Crippen MR) is 83.1 cm³/mol. The van der Waals surface area contributed by atoms with Crippen LogP contribution in [-0.4, -0.2) is 6.54 Å². The van der Waals surface area contributed by atoms with Crippen molar-refractivity contribution in [2.24, 2.45) is 0 Å². The van der Waals surface area contributed by atoms with Crippen LogP contribution in [0.2, 0.25) is 4.34 Å². The fraction of sp³-hybridized carbons (Fsp3) is 0.375. The van der Waals surface area contributed by atoms with E-state index in [0.717, 1.165) is 35.7 Å². The van der Waals surface area contributed by atoms with E-state index in [9.17, 15) is 4.39 Å². The molecule has 0 aliphatic heterocycles. The van der Waals surface area contributed by atoms with Gasteiger partial charge in [-0.2, -0.15) is 0 Å². The van der Waals surface area contributed by atoms with Crippen LogP contribution in [0.25, 0.3) is 0 Å². The number of nitrogens with one attached hydrogen (secondary N) is 1. The minimum Gasteiger partial charge on any atom is -0.310 e. The van der Waals surface area contributed by atoms with Gasteiger partial charge in [-0.1, -0.05) is 23.7 Å². The Balaban J connectivity index is 1.59. The normalized spacial score (nSPS) is 18.0. The Kier molecular flexibility index (Phi) is 4.39. The third-order valence-corrected chi connectivity index (χ3v) is 5.12. The van der Waals surface area contributed by atoms with Crippen LogP contribution in [0.15, 0.2) is 30.3 Å². The SMILES string of the molecule is Fc1cccc(CCNC2CCCc3sc(Cl)cc32)c1. The lowest BCUT2D eigenvalue weighted by Gasteiger charge is -2.23. The molecule has 0 saturated heterocycles. The summed E-state index contributed by atoms with van der Waals surface area (Å²) in [5.41, 5.74) is 2.40. The molecule has 106 valence electrons. The quantitative estimate of drug-likeness (QED) is 0.859. The highest BCUT2D eigenvalue weighted by atomic mass is 35.5. The van der Waals surface area contributed by atoms with E-state index < -0.39 is 0 Å². The maximum atomic E-state index is 13.1. The maximum absolute atomic E-state index is 13.1. The van der Waals surface area contributed by atoms with Crippen LogP contribution in [0.3, 0.4) is 0 Å². The smallest absolute Gasteiger partial charge is 0.123 e. The molecule has 0 fully saturated rings. The van der Waals surface area contributed by atoms with E-state index in [1.807, 2.05) is 6.07 Å². The van der Waals surface area contributed by atoms with Crippen molar-refractivity contribution in [1.82, 2.24) is 5.32 Å². The molecule has 0 amide bonds. The fourth-order valence-electron chi connectivity index (χ4n) is 2.82. The molecule has 0 radical (unpaired) electrons. The molecule has 1 aromatic carbocycles. The Morgan fingerprint density at radius 3 is 3.10 bits per heavy atom. The highest BCUT2D eigenvalue weighted by Gasteiger charge is 2.21. The number of fused-ring (bicyclic) bond motifs is 1. The van der Waals surface area contributed by atoms with Gasteiger partial charge in [0, 0.05) is 10.9 Å². The number of halogens is 2. The Hall–Kier alpha value is -0.900. The first-order chi connectivity index (χ1) is 9.72. The molecule has 3 rings (SSSR count). The summed E-state index contributed by atoms with van der Waals surface area (Å²) >= 11 is 7.81. The summed E-state index contributed by atoms with van der Waals surface area (Å²) < 4.78 is 14.0. The van der Waals surface area contributed by atoms with Crippen molar-refractivity contribution in [3.8, 4) is 0 Å². The molecule has 1 aromatic heterocycles. The topological polar surface area (TPSA) is 12.0 Å². The zero-order valence-corrected chi connectivity index (χ0v) is 12.7. The summed E-state index contributed by atoms with van der Waals surface area (Å²) in [7, 11) is 0. The van der Waals surface area contributed by atoms with Crippen molar-refractivity contribution in [2.75, 3.05) is 6.54 Å². The Labute approximate surface area is 127 Å². The van der Waals surface area contributed by atoms with Crippen LogP contribution >= 0.6 is 22.9 Å². The minimum absolute atomic E-state index is 0.160. The highest BCUT2D eigenvalue weighted by molar-refractivity contribution is 7.16. The molecule has 0 spiro atoms. The van der Waals surface area contributed by atoms with Gasteiger partial charge < -0.3 is 5.32 Å². The van der Waals surface area contributed by atoms with E-state index in [1.165, 1.54) is 22.9 Å². The first kappa shape index (κ1) is 14.1. The molecule has 1 aliphatic carbocycles. The molecule has 0 bridgehead atoms. The molecule has 1 nitrogen and oxygen atoms in total. The summed E-state index contributed by atoms with van der Waals surface area (Å²) in [6.45, 7) is 0.862. The summed E-state index contributed by atoms with van der Waals surface area (Å²) in [5, 5.41) is 3.58. The predicted octanol–water partition coefficient (Wildman–Crippen LogP) is 4.75. The van der Waals surface area contributed by atoms with Crippen LogP contribution in [-0.2, 0) is 12.8 Å². The second kappa shape index (κ2) is 6.25. The molecule has 2 aromatic rings. The van der Waals surface area contributed by atoms with E-state index in [4.69, 9.17) is 11.6 Å². The van der Waals surface area contributed by atoms with Crippen molar-refractivity contribution in [1.29, 1.82) is 0 Å². The van der Waals surface area contributed by atoms with Gasteiger partial charge in [0.1, 0.15) is 5.82 Å². The molecule has 1 N–H and O–H groups in total. The summed E-state index contributed by atoms with van der Waals surface area (Å²) in [6, 6.07) is 9.32. The lowest BCUT2D eigenvalue weighted by Crippen LogP contribution is -2.26. The first-order valence-electron chi connectivity index (χ1n) is 6.98. The van der Waals surface area contributed by atoms with Crippen molar-refractivity contribution in [3.63, 3.8) is 0 Å². The van der Waals surface area contributed by atoms with Gasteiger partial charge in [-0.3, -0.25) is 0 Å². The maximum Gasteiger partial charge on any atom is 0.123 e. The fourth-order valence-corrected chi connectivity index (χ4v) is 4.20. The second-order valence-corrected chi connectivity index (χ2v) is 6.98. The average Bonchev–Trinajstić information content (AvgIpc) is 2.80. The largest absolute Gasteiger partial charge is 0.310 e. The van der Waals surface area contributed by atoms with Gasteiger partial charge in [0.25, 0.3) is 0 Å². The first-order valence-corrected chi connectivity index (χ1v) is 8.18. The van der Waals surface area contributed by atoms with Crippen LogP contribution in [0, 0.1) is 5.82 Å². The van der Waals surface area contributed by atoms with E-state index in [2.05, 4.69) is 11.4 Å². The van der Waals surface area contributed by atoms with Gasteiger partial charge in [-0.25, -0.2) is 4.39 Å². The van der Waals surface area contributed by atoms with Gasteiger partial charge in [-0.05, 0) is 61.6 Å². The number of rotatable bonds is 4. The van der Waals surface area contributed by atoms with E-state index in [1.54, 1.807) is 23.5 Å². The van der Waals surface area contributed by atoms with Gasteiger partial charge in [-0.15, -0.1) is 11.3 Å². The molecule has 1 heterocycles. The average molecular weight is 310 g/mol. The molecule has 1 aliphatic rings. The van der Waals surface area contributed by atoms with Crippen LogP contribution in [0.5, 0.6) is 0 Å². The van der Waals surface area contributed by atoms with Crippen LogP contribution < -0.4 is 5.32 Å². The highest BCUT2D eigenvalue weighted by Crippen LogP contribution is 2.37. The number of hydrogen-bond donors (Lipinski definition) is 1. The molecule has 1 unspecified atom stereocenters. The van der Waals surface area contributed by atoms with Gasteiger partial charge in [0.05, 0.1) is 4.34 Å². The Morgan fingerprint density at radius 1 is 1.35 bits per heavy atom. The second-order valence-electron chi connectivity index (χ2n) is 5.21.